The van der Waals surface area contributed by atoms with Crippen LogP contribution in [0.1, 0.15) is 13.8 Å². The number of nitrogens with zero attached hydrogens (tertiary/aromatic N) is 2. The van der Waals surface area contributed by atoms with Crippen molar-refractivity contribution in [3.05, 3.63) is 124 Å². The molecule has 0 aromatic rings. The van der Waals surface area contributed by atoms with E-state index in [2.05, 4.69) is 122 Å². The molecule has 0 unspecified atom stereocenters. The number of hydrogen-bond donors (Lipinski definition) is 0. The Morgan fingerprint density at radius 2 is 1.00 bits per heavy atom. The van der Waals surface area contributed by atoms with Crippen LogP contribution in [-0.2, 0) is 34.1 Å². The molecule has 0 saturated heterocycles. The van der Waals surface area contributed by atoms with Crippen LogP contribution in [0, 0.1) is 124 Å². The Kier molecular flexibility index (Phi) is 22.1. The van der Waals surface area contributed by atoms with Crippen LogP contribution in [0.4, 0.5) is 0 Å². The molecular formula is C28H36Fe2N2Se2+4. The fraction of sp³-hybridized carbons (Fsp3) is 0.286. The summed E-state index contributed by atoms with van der Waals surface area (Å²) in [6.45, 7) is 4.49. The van der Waals surface area contributed by atoms with E-state index in [1.165, 1.54) is 16.7 Å². The summed E-state index contributed by atoms with van der Waals surface area (Å²) in [5.41, 5.74) is 0. The van der Waals surface area contributed by atoms with E-state index in [0.29, 0.717) is 38.3 Å². The van der Waals surface area contributed by atoms with Crippen molar-refractivity contribution in [2.45, 2.75) is 25.9 Å². The Hall–Kier alpha value is 2.00. The Bertz CT molecular complexity index is 458. The summed E-state index contributed by atoms with van der Waals surface area (Å²) in [6, 6.07) is 1.06. The van der Waals surface area contributed by atoms with Crippen LogP contribution < -0.4 is 0 Å². The Labute approximate surface area is 246 Å². The van der Waals surface area contributed by atoms with Crippen molar-refractivity contribution >= 4 is 26.3 Å². The van der Waals surface area contributed by atoms with Crippen LogP contribution >= 0.6 is 0 Å². The van der Waals surface area contributed by atoms with E-state index >= 15 is 0 Å². The maximum Gasteiger partial charge on any atom is 2.00 e. The third-order valence-corrected chi connectivity index (χ3v) is 12.7. The molecule has 182 valence electrons. The molecule has 0 aliphatic heterocycles. The van der Waals surface area contributed by atoms with Gasteiger partial charge in [-0.3, -0.25) is 0 Å². The standard InChI is InChI=1S/C14H17NSe2.C9H14N.C5H5.2Fe/c1-11(15(2)3)13-9-6-10-14(13)17-16-12-7-4-5-8-12;1-8(10(2)3)9-6-4-5-7-9;1-2-4-5-3-1;;/h4-11H,1-3H3;4-8H,1-3H3;1-5H;;/q;;;2*+2/t11-;8-;;;/m00.../s1. The largest absolute Gasteiger partial charge is 2.00 e. The van der Waals surface area contributed by atoms with E-state index < -0.39 is 0 Å². The van der Waals surface area contributed by atoms with Gasteiger partial charge in [0, 0.05) is 12.0 Å². The molecule has 2 nitrogen and oxygen atoms in total. The first-order valence-electron chi connectivity index (χ1n) is 10.9. The SMILES string of the molecule is C[C@@H]([C]1[CH][CH][CH][CH]1)N(C)C.C[C@@H]([C]1[CH][CH][CH][C]1[Se][Se][C]1[CH][CH][CH][CH]1)N(C)C.[CH]1[CH][CH][CH][CH]1.[Fe+2].[Fe+2]. The first-order chi connectivity index (χ1) is 15.4. The van der Waals surface area contributed by atoms with Crippen molar-refractivity contribution in [3.8, 4) is 0 Å². The minimum absolute atomic E-state index is 0. The molecule has 2 atom stereocenters. The fourth-order valence-electron chi connectivity index (χ4n) is 2.91. The fourth-order valence-corrected chi connectivity index (χ4v) is 9.74. The maximum atomic E-state index is 2.31. The van der Waals surface area contributed by atoms with Crippen LogP contribution in [0.2, 0.25) is 0 Å². The van der Waals surface area contributed by atoms with E-state index in [4.69, 9.17) is 0 Å². The zero-order valence-corrected chi connectivity index (χ0v) is 26.4. The summed E-state index contributed by atoms with van der Waals surface area (Å²) in [6.07, 6.45) is 34.0. The molecule has 20 radical (unpaired) electrons. The first-order valence-corrected chi connectivity index (χ1v) is 17.0. The predicted molar refractivity (Wildman–Crippen MR) is 140 cm³/mol. The summed E-state index contributed by atoms with van der Waals surface area (Å²) in [7, 11) is 8.49. The second kappa shape index (κ2) is 20.9. The smallest absolute Gasteiger partial charge is 0.0312 e. The van der Waals surface area contributed by atoms with Gasteiger partial charge in [-0.1, -0.05) is 0 Å². The molecule has 0 bridgehead atoms. The van der Waals surface area contributed by atoms with Crippen molar-refractivity contribution in [1.29, 1.82) is 0 Å². The van der Waals surface area contributed by atoms with E-state index in [1.54, 1.807) is 4.82 Å². The van der Waals surface area contributed by atoms with Crippen LogP contribution in [0.3, 0.4) is 0 Å². The maximum absolute atomic E-state index is 2.31. The van der Waals surface area contributed by atoms with Crippen molar-refractivity contribution in [1.82, 2.24) is 9.80 Å². The summed E-state index contributed by atoms with van der Waals surface area (Å²) in [4.78, 5) is 7.60. The van der Waals surface area contributed by atoms with Crippen molar-refractivity contribution in [3.63, 3.8) is 0 Å². The molecule has 0 N–H and O–H groups in total. The summed E-state index contributed by atoms with van der Waals surface area (Å²) in [5, 5.41) is 0. The molecule has 0 aromatic heterocycles. The predicted octanol–water partition coefficient (Wildman–Crippen LogP) is 3.71. The summed E-state index contributed by atoms with van der Waals surface area (Å²) < 4.78 is 0. The van der Waals surface area contributed by atoms with Crippen molar-refractivity contribution in [2.75, 3.05) is 28.2 Å². The summed E-state index contributed by atoms with van der Waals surface area (Å²) >= 11 is 1.25. The van der Waals surface area contributed by atoms with Crippen LogP contribution in [0.5, 0.6) is 0 Å². The molecule has 4 saturated carbocycles. The van der Waals surface area contributed by atoms with E-state index in [-0.39, 0.29) is 34.1 Å². The third-order valence-electron chi connectivity index (χ3n) is 5.39. The van der Waals surface area contributed by atoms with Gasteiger partial charge in [-0.2, -0.15) is 0 Å². The van der Waals surface area contributed by atoms with Gasteiger partial charge in [0.1, 0.15) is 0 Å². The van der Waals surface area contributed by atoms with Gasteiger partial charge in [0.05, 0.1) is 0 Å². The molecule has 0 aromatic carbocycles. The van der Waals surface area contributed by atoms with Crippen molar-refractivity contribution < 1.29 is 34.1 Å². The van der Waals surface area contributed by atoms with Gasteiger partial charge in [-0.15, -0.1) is 0 Å². The number of hydrogen-bond acceptors (Lipinski definition) is 2. The average molecular weight is 670 g/mol. The van der Waals surface area contributed by atoms with E-state index in [0.717, 1.165) is 0 Å². The minimum atomic E-state index is 0. The van der Waals surface area contributed by atoms with Gasteiger partial charge in [-0.05, 0) is 78.8 Å². The zero-order valence-electron chi connectivity index (χ0n) is 20.8. The molecule has 0 heterocycles. The Balaban J connectivity index is 0.000000544. The second-order valence-corrected chi connectivity index (χ2v) is 14.3. The van der Waals surface area contributed by atoms with Crippen LogP contribution in [0.25, 0.3) is 0 Å². The summed E-state index contributed by atoms with van der Waals surface area (Å²) in [5.74, 6) is 2.91. The monoisotopic (exact) mass is 672 g/mol. The second-order valence-electron chi connectivity index (χ2n) is 8.09. The number of rotatable bonds is 7. The molecule has 6 heteroatoms. The molecule has 0 spiro atoms. The van der Waals surface area contributed by atoms with Gasteiger partial charge in [-0.25, -0.2) is 0 Å². The topological polar surface area (TPSA) is 6.48 Å². The zero-order chi connectivity index (χ0) is 23.3. The van der Waals surface area contributed by atoms with E-state index in [9.17, 15) is 0 Å². The molecule has 4 aliphatic rings. The Morgan fingerprint density at radius 3 is 1.47 bits per heavy atom. The minimum Gasteiger partial charge on any atom is -0.0312 e. The van der Waals surface area contributed by atoms with Gasteiger partial charge in [0.25, 0.3) is 0 Å². The van der Waals surface area contributed by atoms with Gasteiger partial charge in [0.2, 0.25) is 0 Å². The normalized spacial score (nSPS) is 23.6. The average Bonchev–Trinajstić information content (AvgIpc) is 3.61. The van der Waals surface area contributed by atoms with Crippen LogP contribution in [-0.4, -0.2) is 76.3 Å². The molecule has 4 aliphatic carbocycles. The molecule has 4 fully saturated rings. The van der Waals surface area contributed by atoms with Crippen LogP contribution in [0.15, 0.2) is 0 Å². The van der Waals surface area contributed by atoms with Gasteiger partial charge < -0.3 is 4.90 Å². The quantitative estimate of drug-likeness (QED) is 0.382. The molecule has 4 rings (SSSR count). The molecule has 0 amide bonds. The van der Waals surface area contributed by atoms with Crippen molar-refractivity contribution in [2.24, 2.45) is 0 Å². The molecular weight excluding hydrogens is 634 g/mol. The van der Waals surface area contributed by atoms with Gasteiger partial charge in [0.15, 0.2) is 0 Å². The first kappa shape index (κ1) is 36.0. The Morgan fingerprint density at radius 1 is 0.529 bits per heavy atom. The third kappa shape index (κ3) is 13.7. The van der Waals surface area contributed by atoms with E-state index in [1.807, 2.05) is 32.1 Å². The molecule has 34 heavy (non-hydrogen) atoms. The van der Waals surface area contributed by atoms with Gasteiger partial charge >= 0.3 is 153 Å².